The van der Waals surface area contributed by atoms with E-state index in [9.17, 15) is 0 Å². The first-order chi connectivity index (χ1) is 10.2. The van der Waals surface area contributed by atoms with Gasteiger partial charge in [0.25, 0.3) is 0 Å². The number of nitrogens with one attached hydrogen (secondary N) is 1. The zero-order chi connectivity index (χ0) is 14.9. The maximum absolute atomic E-state index is 5.99. The second-order valence-electron chi connectivity index (χ2n) is 6.03. The number of anilines is 1. The van der Waals surface area contributed by atoms with Crippen molar-refractivity contribution >= 4 is 11.6 Å². The number of hydrogen-bond donors (Lipinski definition) is 2. The van der Waals surface area contributed by atoms with E-state index in [-0.39, 0.29) is 0 Å². The molecule has 0 unspecified atom stereocenters. The maximum atomic E-state index is 5.99. The largest absolute Gasteiger partial charge is 0.493 e. The van der Waals surface area contributed by atoms with Crippen molar-refractivity contribution < 1.29 is 9.47 Å². The van der Waals surface area contributed by atoms with Gasteiger partial charge in [0.1, 0.15) is 0 Å². The van der Waals surface area contributed by atoms with E-state index in [2.05, 4.69) is 10.3 Å². The van der Waals surface area contributed by atoms with Gasteiger partial charge in [-0.1, -0.05) is 0 Å². The van der Waals surface area contributed by atoms with Gasteiger partial charge in [0, 0.05) is 18.3 Å². The Morgan fingerprint density at radius 1 is 1.29 bits per heavy atom. The summed E-state index contributed by atoms with van der Waals surface area (Å²) in [6.07, 6.45) is 5.37. The highest BCUT2D eigenvalue weighted by Crippen LogP contribution is 2.61. The Morgan fingerprint density at radius 3 is 2.57 bits per heavy atom. The molecule has 0 aliphatic heterocycles. The molecule has 0 amide bonds. The summed E-state index contributed by atoms with van der Waals surface area (Å²) in [4.78, 5) is 4.52. The number of rotatable bonds is 6. The van der Waals surface area contributed by atoms with E-state index in [0.717, 1.165) is 18.2 Å². The van der Waals surface area contributed by atoms with Crippen LogP contribution in [-0.4, -0.2) is 26.7 Å². The van der Waals surface area contributed by atoms with Crippen LogP contribution in [-0.2, 0) is 0 Å². The molecule has 1 aromatic carbocycles. The lowest BCUT2D eigenvalue weighted by Crippen LogP contribution is -2.24. The van der Waals surface area contributed by atoms with Crippen LogP contribution in [0, 0.1) is 11.3 Å². The topological polar surface area (TPSA) is 68.9 Å². The normalized spacial score (nSPS) is 20.0. The van der Waals surface area contributed by atoms with Gasteiger partial charge in [-0.2, -0.15) is 0 Å². The molecule has 0 bridgehead atoms. The molecule has 0 saturated heterocycles. The summed E-state index contributed by atoms with van der Waals surface area (Å²) in [5, 5.41) is 3.12. The van der Waals surface area contributed by atoms with Crippen molar-refractivity contribution in [3.05, 3.63) is 18.2 Å². The van der Waals surface area contributed by atoms with Crippen molar-refractivity contribution in [3.63, 3.8) is 0 Å². The fraction of sp³-hybridized carbons (Fsp3) is 0.562. The number of nitrogens with zero attached hydrogens (tertiary/aromatic N) is 1. The average Bonchev–Trinajstić information content (AvgIpc) is 3.38. The van der Waals surface area contributed by atoms with Gasteiger partial charge < -0.3 is 20.5 Å². The Hall–Kier alpha value is -1.91. The van der Waals surface area contributed by atoms with Crippen molar-refractivity contribution in [1.82, 2.24) is 0 Å². The van der Waals surface area contributed by atoms with Crippen molar-refractivity contribution in [2.75, 3.05) is 26.1 Å². The van der Waals surface area contributed by atoms with E-state index in [1.807, 2.05) is 18.2 Å². The van der Waals surface area contributed by atoms with E-state index < -0.39 is 0 Å². The van der Waals surface area contributed by atoms with Crippen LogP contribution in [0.2, 0.25) is 0 Å². The predicted molar refractivity (Wildman–Crippen MR) is 84.0 cm³/mol. The highest BCUT2D eigenvalue weighted by molar-refractivity contribution is 5.92. The van der Waals surface area contributed by atoms with Crippen molar-refractivity contribution in [2.45, 2.75) is 25.7 Å². The summed E-state index contributed by atoms with van der Waals surface area (Å²) in [5.74, 6) is 2.74. The van der Waals surface area contributed by atoms with Crippen LogP contribution >= 0.6 is 0 Å². The SMILES string of the molecule is COc1ccc(NC(N)=NCC2(C3CC3)CC2)cc1OC. The molecule has 1 aromatic rings. The van der Waals surface area contributed by atoms with Crippen LogP contribution in [0.4, 0.5) is 5.69 Å². The molecule has 2 aliphatic carbocycles. The molecule has 2 saturated carbocycles. The third kappa shape index (κ3) is 3.06. The molecular formula is C16H23N3O2. The Morgan fingerprint density at radius 2 is 2.00 bits per heavy atom. The zero-order valence-corrected chi connectivity index (χ0v) is 12.7. The maximum Gasteiger partial charge on any atom is 0.193 e. The number of benzene rings is 1. The molecule has 0 spiro atoms. The van der Waals surface area contributed by atoms with Gasteiger partial charge in [0.2, 0.25) is 0 Å². The zero-order valence-electron chi connectivity index (χ0n) is 12.7. The van der Waals surface area contributed by atoms with Crippen LogP contribution in [0.3, 0.4) is 0 Å². The van der Waals surface area contributed by atoms with E-state index in [1.165, 1.54) is 25.7 Å². The molecule has 3 rings (SSSR count). The minimum Gasteiger partial charge on any atom is -0.493 e. The molecule has 0 radical (unpaired) electrons. The Bertz CT molecular complexity index is 548. The lowest BCUT2D eigenvalue weighted by Gasteiger charge is -2.13. The van der Waals surface area contributed by atoms with Crippen molar-refractivity contribution in [2.24, 2.45) is 22.1 Å². The lowest BCUT2D eigenvalue weighted by atomic mass is 10.0. The minimum atomic E-state index is 0.467. The summed E-state index contributed by atoms with van der Waals surface area (Å²) in [6, 6.07) is 5.60. The second-order valence-corrected chi connectivity index (χ2v) is 6.03. The molecule has 114 valence electrons. The summed E-state index contributed by atoms with van der Waals surface area (Å²) in [5.41, 5.74) is 7.32. The summed E-state index contributed by atoms with van der Waals surface area (Å²) in [7, 11) is 3.24. The van der Waals surface area contributed by atoms with E-state index in [4.69, 9.17) is 15.2 Å². The number of hydrogen-bond acceptors (Lipinski definition) is 3. The van der Waals surface area contributed by atoms with Crippen LogP contribution in [0.5, 0.6) is 11.5 Å². The van der Waals surface area contributed by atoms with Crippen LogP contribution in [0.1, 0.15) is 25.7 Å². The molecule has 0 aromatic heterocycles. The average molecular weight is 289 g/mol. The van der Waals surface area contributed by atoms with Crippen LogP contribution < -0.4 is 20.5 Å². The van der Waals surface area contributed by atoms with E-state index in [0.29, 0.717) is 22.9 Å². The predicted octanol–water partition coefficient (Wildman–Crippen LogP) is 2.62. The minimum absolute atomic E-state index is 0.467. The van der Waals surface area contributed by atoms with Gasteiger partial charge >= 0.3 is 0 Å². The standard InChI is InChI=1S/C16H23N3O2/c1-20-13-6-5-12(9-14(13)21-2)19-15(17)18-10-16(7-8-16)11-3-4-11/h5-6,9,11H,3-4,7-8,10H2,1-2H3,(H3,17,18,19). The fourth-order valence-electron chi connectivity index (χ4n) is 2.90. The highest BCUT2D eigenvalue weighted by Gasteiger charge is 2.53. The fourth-order valence-corrected chi connectivity index (χ4v) is 2.90. The number of guanidine groups is 1. The molecule has 0 heterocycles. The van der Waals surface area contributed by atoms with Crippen molar-refractivity contribution in [3.8, 4) is 11.5 Å². The van der Waals surface area contributed by atoms with Crippen LogP contribution in [0.15, 0.2) is 23.2 Å². The Kier molecular flexibility index (Phi) is 3.66. The summed E-state index contributed by atoms with van der Waals surface area (Å²) >= 11 is 0. The molecular weight excluding hydrogens is 266 g/mol. The van der Waals surface area contributed by atoms with Gasteiger partial charge in [-0.3, -0.25) is 4.99 Å². The molecule has 3 N–H and O–H groups in total. The summed E-state index contributed by atoms with van der Waals surface area (Å²) in [6.45, 7) is 0.851. The number of ether oxygens (including phenoxy) is 2. The molecule has 2 fully saturated rings. The van der Waals surface area contributed by atoms with Gasteiger partial charge in [-0.25, -0.2) is 0 Å². The quantitative estimate of drug-likeness (QED) is 0.624. The highest BCUT2D eigenvalue weighted by atomic mass is 16.5. The number of methoxy groups -OCH3 is 2. The monoisotopic (exact) mass is 289 g/mol. The summed E-state index contributed by atoms with van der Waals surface area (Å²) < 4.78 is 10.5. The third-order valence-electron chi connectivity index (χ3n) is 4.56. The first-order valence-corrected chi connectivity index (χ1v) is 7.46. The molecule has 2 aliphatic rings. The van der Waals surface area contributed by atoms with Gasteiger partial charge in [-0.05, 0) is 49.1 Å². The van der Waals surface area contributed by atoms with Crippen LogP contribution in [0.25, 0.3) is 0 Å². The smallest absolute Gasteiger partial charge is 0.193 e. The third-order valence-corrected chi connectivity index (χ3v) is 4.56. The van der Waals surface area contributed by atoms with E-state index >= 15 is 0 Å². The Labute approximate surface area is 125 Å². The molecule has 21 heavy (non-hydrogen) atoms. The molecule has 5 nitrogen and oxygen atoms in total. The van der Waals surface area contributed by atoms with Crippen molar-refractivity contribution in [1.29, 1.82) is 0 Å². The second kappa shape index (κ2) is 5.47. The molecule has 5 heteroatoms. The first kappa shape index (κ1) is 14.0. The Balaban J connectivity index is 1.62. The van der Waals surface area contributed by atoms with Gasteiger partial charge in [0.05, 0.1) is 14.2 Å². The lowest BCUT2D eigenvalue weighted by molar-refractivity contribution is 0.355. The number of nitrogens with two attached hydrogens (primary N) is 1. The van der Waals surface area contributed by atoms with Gasteiger partial charge in [-0.15, -0.1) is 0 Å². The number of aliphatic imine (C=N–C) groups is 1. The van der Waals surface area contributed by atoms with Gasteiger partial charge in [0.15, 0.2) is 17.5 Å². The molecule has 0 atom stereocenters. The van der Waals surface area contributed by atoms with E-state index in [1.54, 1.807) is 14.2 Å². The first-order valence-electron chi connectivity index (χ1n) is 7.46.